The molecule has 0 bridgehead atoms. The van der Waals surface area contributed by atoms with Crippen molar-refractivity contribution < 1.29 is 18.1 Å². The van der Waals surface area contributed by atoms with Crippen molar-refractivity contribution in [2.45, 2.75) is 32.1 Å². The zero-order valence-electron chi connectivity index (χ0n) is 18.1. The lowest BCUT2D eigenvalue weighted by molar-refractivity contribution is -0.384. The van der Waals surface area contributed by atoms with E-state index < -0.39 is 20.7 Å². The Hall–Kier alpha value is -3.64. The fourth-order valence-electron chi connectivity index (χ4n) is 3.03. The van der Waals surface area contributed by atoms with Crippen LogP contribution in [0.2, 0.25) is 0 Å². The number of benzene rings is 2. The van der Waals surface area contributed by atoms with Gasteiger partial charge in [0.05, 0.1) is 22.6 Å². The number of hydrogen-bond acceptors (Lipinski definition) is 7. The molecule has 0 fully saturated rings. The third-order valence-electron chi connectivity index (χ3n) is 4.67. The number of non-ortho nitro benzene ring substituents is 1. The molecule has 0 atom stereocenters. The number of para-hydroxylation sites is 1. The Morgan fingerprint density at radius 3 is 2.64 bits per heavy atom. The first-order valence-electron chi connectivity index (χ1n) is 10.2. The number of nitro groups is 1. The van der Waals surface area contributed by atoms with E-state index in [0.717, 1.165) is 0 Å². The Balaban J connectivity index is 1.57. The zero-order valence-corrected chi connectivity index (χ0v) is 18.9. The van der Waals surface area contributed by atoms with Gasteiger partial charge in [-0.3, -0.25) is 14.9 Å². The molecule has 33 heavy (non-hydrogen) atoms. The highest BCUT2D eigenvalue weighted by atomic mass is 32.2. The highest BCUT2D eigenvalue weighted by Gasteiger charge is 2.16. The van der Waals surface area contributed by atoms with Gasteiger partial charge in [-0.2, -0.15) is 0 Å². The van der Waals surface area contributed by atoms with E-state index in [2.05, 4.69) is 20.4 Å². The van der Waals surface area contributed by atoms with Gasteiger partial charge < -0.3 is 5.32 Å². The van der Waals surface area contributed by atoms with Crippen LogP contribution in [0, 0.1) is 10.1 Å². The highest BCUT2D eigenvalue weighted by molar-refractivity contribution is 7.88. The maximum absolute atomic E-state index is 12.4. The molecule has 1 amide bonds. The van der Waals surface area contributed by atoms with Crippen molar-refractivity contribution >= 4 is 27.3 Å². The molecule has 2 aromatic carbocycles. The number of nitro benzene ring substituents is 1. The summed E-state index contributed by atoms with van der Waals surface area (Å²) in [5.74, 6) is -0.804. The molecule has 1 aromatic heterocycles. The van der Waals surface area contributed by atoms with Crippen molar-refractivity contribution in [3.8, 4) is 11.3 Å². The number of rotatable bonds is 10. The molecule has 0 spiro atoms. The van der Waals surface area contributed by atoms with E-state index in [-0.39, 0.29) is 36.2 Å². The second-order valence-electron chi connectivity index (χ2n) is 7.60. The fraction of sp³-hybridized carbons (Fsp3) is 0.286. The Bertz CT molecular complexity index is 1260. The van der Waals surface area contributed by atoms with Crippen LogP contribution in [0.1, 0.15) is 31.9 Å². The molecule has 0 unspecified atom stereocenters. The first-order valence-corrected chi connectivity index (χ1v) is 11.8. The van der Waals surface area contributed by atoms with E-state index in [1.54, 1.807) is 23.0 Å². The van der Waals surface area contributed by atoms with Gasteiger partial charge in [0.1, 0.15) is 5.69 Å². The van der Waals surface area contributed by atoms with Crippen LogP contribution in [0.3, 0.4) is 0 Å². The van der Waals surface area contributed by atoms with Crippen molar-refractivity contribution in [1.82, 2.24) is 19.7 Å². The molecule has 3 aromatic rings. The number of anilines is 1. The molecule has 1 heterocycles. The predicted octanol–water partition coefficient (Wildman–Crippen LogP) is 2.88. The number of carbonyl (C=O) groups excluding carboxylic acids is 1. The van der Waals surface area contributed by atoms with Gasteiger partial charge in [0.25, 0.3) is 5.69 Å². The minimum absolute atomic E-state index is 0.0960. The molecule has 0 aliphatic heterocycles. The van der Waals surface area contributed by atoms with Crippen LogP contribution >= 0.6 is 0 Å². The summed E-state index contributed by atoms with van der Waals surface area (Å²) in [5, 5.41) is 21.9. The number of carbonyl (C=O) groups is 1. The molecule has 0 radical (unpaired) electrons. The summed E-state index contributed by atoms with van der Waals surface area (Å²) in [7, 11) is -3.78. The standard InChI is InChI=1S/C21H24N6O5S/c1-15(2)26-13-20(24-25-26)18-8-3-4-9-19(18)23-21(28)10-11-22-33(31,32)14-16-6-5-7-17(12-16)27(29)30/h3-9,12-13,15,22H,10-11,14H2,1-2H3,(H,23,28). The van der Waals surface area contributed by atoms with Gasteiger partial charge in [-0.25, -0.2) is 17.8 Å². The minimum atomic E-state index is -3.78. The Labute approximate surface area is 191 Å². The van der Waals surface area contributed by atoms with E-state index in [0.29, 0.717) is 16.9 Å². The van der Waals surface area contributed by atoms with E-state index >= 15 is 0 Å². The summed E-state index contributed by atoms with van der Waals surface area (Å²) in [6.45, 7) is 3.84. The van der Waals surface area contributed by atoms with E-state index in [9.17, 15) is 23.3 Å². The summed E-state index contributed by atoms with van der Waals surface area (Å²) < 4.78 is 28.6. The first-order chi connectivity index (χ1) is 15.6. The van der Waals surface area contributed by atoms with Gasteiger partial charge in [0, 0.05) is 36.7 Å². The van der Waals surface area contributed by atoms with Crippen LogP contribution in [-0.4, -0.2) is 40.8 Å². The average Bonchev–Trinajstić information content (AvgIpc) is 3.24. The van der Waals surface area contributed by atoms with Crippen molar-refractivity contribution in [3.05, 3.63) is 70.4 Å². The maximum atomic E-state index is 12.4. The van der Waals surface area contributed by atoms with Crippen LogP contribution in [0.4, 0.5) is 11.4 Å². The summed E-state index contributed by atoms with van der Waals surface area (Å²) in [4.78, 5) is 22.7. The first kappa shape index (κ1) is 24.0. The molecule has 2 N–H and O–H groups in total. The van der Waals surface area contributed by atoms with Gasteiger partial charge in [-0.1, -0.05) is 35.5 Å². The van der Waals surface area contributed by atoms with Gasteiger partial charge in [-0.15, -0.1) is 5.10 Å². The third-order valence-corrected chi connectivity index (χ3v) is 6.03. The Morgan fingerprint density at radius 2 is 1.94 bits per heavy atom. The summed E-state index contributed by atoms with van der Waals surface area (Å²) in [6, 6.07) is 12.7. The van der Waals surface area contributed by atoms with Gasteiger partial charge in [-0.05, 0) is 25.5 Å². The molecule has 0 aliphatic carbocycles. The molecular formula is C21H24N6O5S. The van der Waals surface area contributed by atoms with E-state index in [1.807, 2.05) is 26.0 Å². The van der Waals surface area contributed by atoms with Crippen LogP contribution < -0.4 is 10.0 Å². The monoisotopic (exact) mass is 472 g/mol. The molecule has 3 rings (SSSR count). The van der Waals surface area contributed by atoms with Crippen LogP contribution in [0.25, 0.3) is 11.3 Å². The summed E-state index contributed by atoms with van der Waals surface area (Å²) in [6.07, 6.45) is 1.69. The summed E-state index contributed by atoms with van der Waals surface area (Å²) >= 11 is 0. The van der Waals surface area contributed by atoms with Crippen LogP contribution in [-0.2, 0) is 20.6 Å². The minimum Gasteiger partial charge on any atom is -0.325 e. The number of sulfonamides is 1. The number of nitrogens with zero attached hydrogens (tertiary/aromatic N) is 4. The molecule has 12 heteroatoms. The Morgan fingerprint density at radius 1 is 1.18 bits per heavy atom. The topological polar surface area (TPSA) is 149 Å². The second-order valence-corrected chi connectivity index (χ2v) is 9.41. The average molecular weight is 473 g/mol. The van der Waals surface area contributed by atoms with E-state index in [4.69, 9.17) is 0 Å². The van der Waals surface area contributed by atoms with Crippen molar-refractivity contribution in [3.63, 3.8) is 0 Å². The molecule has 11 nitrogen and oxygen atoms in total. The van der Waals surface area contributed by atoms with E-state index in [1.165, 1.54) is 24.3 Å². The molecule has 0 aliphatic rings. The maximum Gasteiger partial charge on any atom is 0.269 e. The van der Waals surface area contributed by atoms with Crippen LogP contribution in [0.15, 0.2) is 54.7 Å². The van der Waals surface area contributed by atoms with Crippen molar-refractivity contribution in [1.29, 1.82) is 0 Å². The predicted molar refractivity (Wildman–Crippen MR) is 123 cm³/mol. The number of aromatic nitrogens is 3. The molecule has 174 valence electrons. The quantitative estimate of drug-likeness (QED) is 0.340. The number of nitrogens with one attached hydrogen (secondary N) is 2. The molecule has 0 saturated heterocycles. The zero-order chi connectivity index (χ0) is 24.0. The van der Waals surface area contributed by atoms with Gasteiger partial charge in [0.2, 0.25) is 15.9 Å². The molecule has 0 saturated carbocycles. The highest BCUT2D eigenvalue weighted by Crippen LogP contribution is 2.26. The summed E-state index contributed by atoms with van der Waals surface area (Å²) in [5.41, 5.74) is 1.94. The van der Waals surface area contributed by atoms with Crippen molar-refractivity contribution in [2.24, 2.45) is 0 Å². The van der Waals surface area contributed by atoms with Gasteiger partial charge >= 0.3 is 0 Å². The lowest BCUT2D eigenvalue weighted by Crippen LogP contribution is -2.29. The van der Waals surface area contributed by atoms with Crippen LogP contribution in [0.5, 0.6) is 0 Å². The van der Waals surface area contributed by atoms with Gasteiger partial charge in [0.15, 0.2) is 0 Å². The Kier molecular flexibility index (Phi) is 7.51. The SMILES string of the molecule is CC(C)n1cc(-c2ccccc2NC(=O)CCNS(=O)(=O)Cc2cccc([N+](=O)[O-])c2)nn1. The number of amides is 1. The fourth-order valence-corrected chi connectivity index (χ4v) is 4.16. The lowest BCUT2D eigenvalue weighted by Gasteiger charge is -2.10. The largest absolute Gasteiger partial charge is 0.325 e. The lowest BCUT2D eigenvalue weighted by atomic mass is 10.1. The van der Waals surface area contributed by atoms with Crippen molar-refractivity contribution in [2.75, 3.05) is 11.9 Å². The normalized spacial score (nSPS) is 11.5. The molecular weight excluding hydrogens is 448 g/mol. The number of hydrogen-bond donors (Lipinski definition) is 2. The third kappa shape index (κ3) is 6.67. The second kappa shape index (κ2) is 10.3. The smallest absolute Gasteiger partial charge is 0.269 e.